The lowest BCUT2D eigenvalue weighted by Crippen LogP contribution is -2.27. The highest BCUT2D eigenvalue weighted by molar-refractivity contribution is 7.88. The molecule has 1 aromatic carbocycles. The molecule has 1 rings (SSSR count). The molecule has 6 heteroatoms. The first-order valence-corrected chi connectivity index (χ1v) is 8.95. The van der Waals surface area contributed by atoms with Gasteiger partial charge in [0.05, 0.1) is 11.9 Å². The van der Waals surface area contributed by atoms with Crippen molar-refractivity contribution in [1.82, 2.24) is 4.72 Å². The molecule has 0 aliphatic rings. The quantitative estimate of drug-likeness (QED) is 0.645. The Morgan fingerprint density at radius 2 is 1.86 bits per heavy atom. The zero-order valence-corrected chi connectivity index (χ0v) is 13.7. The first-order valence-electron chi connectivity index (χ1n) is 7.30. The molecule has 0 saturated carbocycles. The van der Waals surface area contributed by atoms with E-state index in [4.69, 9.17) is 10.5 Å². The zero-order valence-electron chi connectivity index (χ0n) is 12.8. The largest absolute Gasteiger partial charge is 0.379 e. The molecule has 0 heterocycles. The molecular weight excluding hydrogens is 288 g/mol. The maximum atomic E-state index is 12.0. The summed E-state index contributed by atoms with van der Waals surface area (Å²) in [5.41, 5.74) is 7.25. The lowest BCUT2D eigenvalue weighted by atomic mass is 10.1. The van der Waals surface area contributed by atoms with Crippen LogP contribution in [0.2, 0.25) is 0 Å². The van der Waals surface area contributed by atoms with E-state index >= 15 is 0 Å². The van der Waals surface area contributed by atoms with Gasteiger partial charge in [0.2, 0.25) is 10.0 Å². The number of hydrogen-bond donors (Lipinski definition) is 2. The van der Waals surface area contributed by atoms with Gasteiger partial charge in [-0.25, -0.2) is 13.1 Å². The summed E-state index contributed by atoms with van der Waals surface area (Å²) in [6.45, 7) is 5.41. The number of nitrogens with two attached hydrogens (primary N) is 1. The summed E-state index contributed by atoms with van der Waals surface area (Å²) in [5, 5.41) is 0. The van der Waals surface area contributed by atoms with Gasteiger partial charge in [-0.05, 0) is 37.8 Å². The molecule has 0 unspecified atom stereocenters. The second-order valence-electron chi connectivity index (χ2n) is 5.25. The second-order valence-corrected chi connectivity index (χ2v) is 7.06. The van der Waals surface area contributed by atoms with Gasteiger partial charge in [0.25, 0.3) is 0 Å². The van der Waals surface area contributed by atoms with Crippen LogP contribution in [0.5, 0.6) is 0 Å². The first kappa shape index (κ1) is 18.1. The number of sulfonamides is 1. The summed E-state index contributed by atoms with van der Waals surface area (Å²) in [4.78, 5) is 0. The van der Waals surface area contributed by atoms with Gasteiger partial charge in [0, 0.05) is 19.7 Å². The van der Waals surface area contributed by atoms with Crippen molar-refractivity contribution >= 4 is 10.0 Å². The van der Waals surface area contributed by atoms with E-state index in [1.807, 2.05) is 32.0 Å². The Bertz CT molecular complexity index is 515. The standard InChI is InChI=1S/C15H26N2O3S/c1-13(2)20-10-6-5-9-17-21(18,19)12-15-8-4-3-7-14(15)11-16/h3-4,7-8,13,17H,5-6,9-12,16H2,1-2H3. The molecule has 21 heavy (non-hydrogen) atoms. The van der Waals surface area contributed by atoms with Crippen LogP contribution in [0.25, 0.3) is 0 Å². The molecule has 3 N–H and O–H groups in total. The number of ether oxygens (including phenoxy) is 1. The van der Waals surface area contributed by atoms with Crippen molar-refractivity contribution in [2.24, 2.45) is 5.73 Å². The van der Waals surface area contributed by atoms with Crippen molar-refractivity contribution in [3.8, 4) is 0 Å². The molecule has 0 aliphatic heterocycles. The van der Waals surface area contributed by atoms with Gasteiger partial charge in [0.15, 0.2) is 0 Å². The van der Waals surface area contributed by atoms with Crippen LogP contribution in [-0.2, 0) is 27.1 Å². The van der Waals surface area contributed by atoms with Crippen LogP contribution in [0, 0.1) is 0 Å². The molecule has 0 fully saturated rings. The lowest BCUT2D eigenvalue weighted by Gasteiger charge is -2.10. The van der Waals surface area contributed by atoms with Gasteiger partial charge in [-0.15, -0.1) is 0 Å². The molecule has 0 bridgehead atoms. The van der Waals surface area contributed by atoms with Crippen LogP contribution in [0.3, 0.4) is 0 Å². The third-order valence-electron chi connectivity index (χ3n) is 3.03. The van der Waals surface area contributed by atoms with Crippen molar-refractivity contribution < 1.29 is 13.2 Å². The molecule has 120 valence electrons. The van der Waals surface area contributed by atoms with Crippen molar-refractivity contribution in [2.75, 3.05) is 13.2 Å². The summed E-state index contributed by atoms with van der Waals surface area (Å²) >= 11 is 0. The van der Waals surface area contributed by atoms with Crippen LogP contribution in [0.15, 0.2) is 24.3 Å². The molecule has 0 radical (unpaired) electrons. The fraction of sp³-hybridized carbons (Fsp3) is 0.600. The fourth-order valence-corrected chi connectivity index (χ4v) is 3.18. The van der Waals surface area contributed by atoms with Crippen LogP contribution in [0.1, 0.15) is 37.8 Å². The Labute approximate surface area is 127 Å². The van der Waals surface area contributed by atoms with Crippen molar-refractivity contribution in [1.29, 1.82) is 0 Å². The number of rotatable bonds is 10. The molecule has 0 aliphatic carbocycles. The molecule has 0 amide bonds. The minimum absolute atomic E-state index is 0.0249. The number of hydrogen-bond acceptors (Lipinski definition) is 4. The van der Waals surface area contributed by atoms with Gasteiger partial charge in [-0.3, -0.25) is 0 Å². The van der Waals surface area contributed by atoms with Crippen molar-refractivity contribution in [2.45, 2.75) is 45.1 Å². The summed E-state index contributed by atoms with van der Waals surface area (Å²) in [7, 11) is -3.32. The lowest BCUT2D eigenvalue weighted by molar-refractivity contribution is 0.0762. The van der Waals surface area contributed by atoms with Crippen molar-refractivity contribution in [3.05, 3.63) is 35.4 Å². The van der Waals surface area contributed by atoms with E-state index in [-0.39, 0.29) is 11.9 Å². The Morgan fingerprint density at radius 1 is 1.19 bits per heavy atom. The number of unbranched alkanes of at least 4 members (excludes halogenated alkanes) is 1. The van der Waals surface area contributed by atoms with Crippen LogP contribution >= 0.6 is 0 Å². The Hall–Kier alpha value is -0.950. The van der Waals surface area contributed by atoms with E-state index in [0.717, 1.165) is 24.0 Å². The molecular formula is C15H26N2O3S. The average molecular weight is 314 g/mol. The summed E-state index contributed by atoms with van der Waals surface area (Å²) in [6, 6.07) is 7.35. The third kappa shape index (κ3) is 7.57. The normalized spacial score (nSPS) is 12.0. The maximum absolute atomic E-state index is 12.0. The molecule has 0 aromatic heterocycles. The number of benzene rings is 1. The Kier molecular flexibility index (Phi) is 7.88. The fourth-order valence-electron chi connectivity index (χ4n) is 1.93. The van der Waals surface area contributed by atoms with E-state index in [2.05, 4.69) is 4.72 Å². The minimum Gasteiger partial charge on any atom is -0.379 e. The van der Waals surface area contributed by atoms with Crippen LogP contribution in [0.4, 0.5) is 0 Å². The van der Waals surface area contributed by atoms with Crippen LogP contribution < -0.4 is 10.5 Å². The van der Waals surface area contributed by atoms with Gasteiger partial charge in [0.1, 0.15) is 0 Å². The van der Waals surface area contributed by atoms with E-state index in [1.165, 1.54) is 0 Å². The highest BCUT2D eigenvalue weighted by Crippen LogP contribution is 2.11. The molecule has 0 saturated heterocycles. The summed E-state index contributed by atoms with van der Waals surface area (Å²) in [6.07, 6.45) is 1.83. The highest BCUT2D eigenvalue weighted by Gasteiger charge is 2.12. The first-order chi connectivity index (χ1) is 9.94. The van der Waals surface area contributed by atoms with E-state index < -0.39 is 10.0 Å². The smallest absolute Gasteiger partial charge is 0.215 e. The van der Waals surface area contributed by atoms with Gasteiger partial charge in [-0.2, -0.15) is 0 Å². The summed E-state index contributed by atoms with van der Waals surface area (Å²) in [5.74, 6) is -0.0249. The minimum atomic E-state index is -3.32. The van der Waals surface area contributed by atoms with Gasteiger partial charge in [-0.1, -0.05) is 24.3 Å². The predicted octanol–water partition coefficient (Wildman–Crippen LogP) is 1.77. The second kappa shape index (κ2) is 9.15. The number of nitrogens with one attached hydrogen (secondary N) is 1. The average Bonchev–Trinajstić information content (AvgIpc) is 2.42. The molecule has 1 aromatic rings. The maximum Gasteiger partial charge on any atom is 0.215 e. The van der Waals surface area contributed by atoms with Crippen LogP contribution in [-0.4, -0.2) is 27.7 Å². The van der Waals surface area contributed by atoms with E-state index in [9.17, 15) is 8.42 Å². The topological polar surface area (TPSA) is 81.4 Å². The van der Waals surface area contributed by atoms with Crippen molar-refractivity contribution in [3.63, 3.8) is 0 Å². The third-order valence-corrected chi connectivity index (χ3v) is 4.36. The SMILES string of the molecule is CC(C)OCCCCNS(=O)(=O)Cc1ccccc1CN. The zero-order chi connectivity index (χ0) is 15.7. The van der Waals surface area contributed by atoms with Gasteiger partial charge < -0.3 is 10.5 Å². The Morgan fingerprint density at radius 3 is 2.48 bits per heavy atom. The predicted molar refractivity (Wildman–Crippen MR) is 85.3 cm³/mol. The molecule has 0 atom stereocenters. The highest BCUT2D eigenvalue weighted by atomic mass is 32.2. The van der Waals surface area contributed by atoms with E-state index in [0.29, 0.717) is 19.7 Å². The molecule has 5 nitrogen and oxygen atoms in total. The monoisotopic (exact) mass is 314 g/mol. The van der Waals surface area contributed by atoms with Gasteiger partial charge >= 0.3 is 0 Å². The molecule has 0 spiro atoms. The summed E-state index contributed by atoms with van der Waals surface area (Å²) < 4.78 is 32.1. The Balaban J connectivity index is 2.37. The van der Waals surface area contributed by atoms with E-state index in [1.54, 1.807) is 6.07 Å².